The Kier molecular flexibility index (Phi) is 22.3. The molecule has 0 N–H and O–H groups in total. The van der Waals surface area contributed by atoms with Gasteiger partial charge in [0.2, 0.25) is 0 Å². The zero-order valence-electron chi connectivity index (χ0n) is 27.7. The van der Waals surface area contributed by atoms with E-state index in [1.54, 1.807) is 0 Å². The molecular formula is C40H60. The molecule has 0 aromatic heterocycles. The molecule has 0 rings (SSSR count). The van der Waals surface area contributed by atoms with Crippen molar-refractivity contribution in [2.24, 2.45) is 5.92 Å². The first-order chi connectivity index (χ1) is 19.0. The minimum Gasteiger partial charge on any atom is -0.0856 e. The summed E-state index contributed by atoms with van der Waals surface area (Å²) >= 11 is 0. The Labute approximate surface area is 249 Å². The van der Waals surface area contributed by atoms with Crippen LogP contribution >= 0.6 is 0 Å². The fraction of sp³-hybridized carbons (Fsp3) is 0.450. The van der Waals surface area contributed by atoms with Crippen LogP contribution in [-0.2, 0) is 0 Å². The molecule has 220 valence electrons. The Balaban J connectivity index is 4.58. The van der Waals surface area contributed by atoms with Gasteiger partial charge in [0.1, 0.15) is 0 Å². The van der Waals surface area contributed by atoms with Gasteiger partial charge in [0, 0.05) is 0 Å². The van der Waals surface area contributed by atoms with Crippen LogP contribution in [0.3, 0.4) is 0 Å². The van der Waals surface area contributed by atoms with Crippen LogP contribution in [0.25, 0.3) is 0 Å². The van der Waals surface area contributed by atoms with E-state index in [9.17, 15) is 0 Å². The normalized spacial score (nSPS) is 15.2. The predicted octanol–water partition coefficient (Wildman–Crippen LogP) is 13.2. The molecule has 0 spiro atoms. The SMILES string of the molecule is CC(C)=CCC/C(C)=C/C=C/C(C)=C/C=C/C(C)=C/C=C/C=C(C)/C=C/C=C(\C)CC/C=C(\C)CCCC(C)C. The van der Waals surface area contributed by atoms with Gasteiger partial charge >= 0.3 is 0 Å². The van der Waals surface area contributed by atoms with Gasteiger partial charge in [-0.25, -0.2) is 0 Å². The molecule has 0 aromatic carbocycles. The van der Waals surface area contributed by atoms with Gasteiger partial charge < -0.3 is 0 Å². The molecule has 0 fully saturated rings. The third-order valence-corrected chi connectivity index (χ3v) is 6.50. The van der Waals surface area contributed by atoms with E-state index in [2.05, 4.69) is 160 Å². The van der Waals surface area contributed by atoms with Crippen molar-refractivity contribution < 1.29 is 0 Å². The van der Waals surface area contributed by atoms with Crippen molar-refractivity contribution >= 4 is 0 Å². The van der Waals surface area contributed by atoms with Gasteiger partial charge in [-0.3, -0.25) is 0 Å². The highest BCUT2D eigenvalue weighted by atomic mass is 14.0. The Morgan fingerprint density at radius 3 is 1.35 bits per heavy atom. The van der Waals surface area contributed by atoms with Crippen molar-refractivity contribution in [3.63, 3.8) is 0 Å². The van der Waals surface area contributed by atoms with Crippen molar-refractivity contribution in [1.82, 2.24) is 0 Å². The van der Waals surface area contributed by atoms with Gasteiger partial charge in [-0.15, -0.1) is 0 Å². The Morgan fingerprint density at radius 2 is 0.900 bits per heavy atom. The maximum Gasteiger partial charge on any atom is -0.0285 e. The molecule has 0 unspecified atom stereocenters. The third-order valence-electron chi connectivity index (χ3n) is 6.50. The lowest BCUT2D eigenvalue weighted by atomic mass is 10.0. The second kappa shape index (κ2) is 24.0. The summed E-state index contributed by atoms with van der Waals surface area (Å²) in [7, 11) is 0. The smallest absolute Gasteiger partial charge is 0.0285 e. The Bertz CT molecular complexity index is 1040. The van der Waals surface area contributed by atoms with Crippen molar-refractivity contribution in [3.8, 4) is 0 Å². The highest BCUT2D eigenvalue weighted by Gasteiger charge is 1.96. The van der Waals surface area contributed by atoms with Gasteiger partial charge in [-0.05, 0) is 99.8 Å². The lowest BCUT2D eigenvalue weighted by Gasteiger charge is -2.05. The first kappa shape index (κ1) is 37.1. The lowest BCUT2D eigenvalue weighted by Crippen LogP contribution is -1.87. The van der Waals surface area contributed by atoms with Gasteiger partial charge in [-0.1, -0.05) is 150 Å². The average molecular weight is 541 g/mol. The van der Waals surface area contributed by atoms with Crippen molar-refractivity contribution in [3.05, 3.63) is 130 Å². The second-order valence-electron chi connectivity index (χ2n) is 11.9. The second-order valence-corrected chi connectivity index (χ2v) is 11.9. The molecule has 0 atom stereocenters. The van der Waals surface area contributed by atoms with E-state index in [0.717, 1.165) is 31.6 Å². The van der Waals surface area contributed by atoms with E-state index in [0.29, 0.717) is 0 Å². The minimum atomic E-state index is 0.811. The van der Waals surface area contributed by atoms with Gasteiger partial charge in [-0.2, -0.15) is 0 Å². The Hall–Kier alpha value is -2.86. The molecule has 0 radical (unpaired) electrons. The van der Waals surface area contributed by atoms with Crippen LogP contribution in [0.5, 0.6) is 0 Å². The van der Waals surface area contributed by atoms with Gasteiger partial charge in [0.05, 0.1) is 0 Å². The van der Waals surface area contributed by atoms with Crippen LogP contribution in [0.1, 0.15) is 114 Å². The number of allylic oxidation sites excluding steroid dienone is 22. The average Bonchev–Trinajstić information content (AvgIpc) is 2.86. The van der Waals surface area contributed by atoms with Crippen molar-refractivity contribution in [1.29, 1.82) is 0 Å². The molecule has 0 bridgehead atoms. The van der Waals surface area contributed by atoms with Crippen LogP contribution in [0.2, 0.25) is 0 Å². The quantitative estimate of drug-likeness (QED) is 0.120. The van der Waals surface area contributed by atoms with Crippen molar-refractivity contribution in [2.45, 2.75) is 114 Å². The van der Waals surface area contributed by atoms with Gasteiger partial charge in [0.25, 0.3) is 0 Å². The minimum absolute atomic E-state index is 0.811. The zero-order chi connectivity index (χ0) is 30.2. The summed E-state index contributed by atoms with van der Waals surface area (Å²) in [5.74, 6) is 0.811. The van der Waals surface area contributed by atoms with Crippen molar-refractivity contribution in [2.75, 3.05) is 0 Å². The molecule has 0 aromatic rings. The fourth-order valence-electron chi connectivity index (χ4n) is 3.85. The first-order valence-electron chi connectivity index (χ1n) is 15.3. The molecule has 0 aliphatic heterocycles. The van der Waals surface area contributed by atoms with Crippen LogP contribution in [0.15, 0.2) is 130 Å². The molecule has 0 amide bonds. The van der Waals surface area contributed by atoms with E-state index in [4.69, 9.17) is 0 Å². The summed E-state index contributed by atoms with van der Waals surface area (Å²) < 4.78 is 0. The fourth-order valence-corrected chi connectivity index (χ4v) is 3.85. The van der Waals surface area contributed by atoms with E-state index < -0.39 is 0 Å². The monoisotopic (exact) mass is 540 g/mol. The molecular weight excluding hydrogens is 480 g/mol. The van der Waals surface area contributed by atoms with Gasteiger partial charge in [0.15, 0.2) is 0 Å². The van der Waals surface area contributed by atoms with Crippen LogP contribution in [0.4, 0.5) is 0 Å². The molecule has 0 saturated carbocycles. The maximum absolute atomic E-state index is 2.42. The number of hydrogen-bond acceptors (Lipinski definition) is 0. The summed E-state index contributed by atoms with van der Waals surface area (Å²) in [6.45, 7) is 22.0. The molecule has 0 saturated heterocycles. The predicted molar refractivity (Wildman–Crippen MR) is 186 cm³/mol. The Morgan fingerprint density at radius 1 is 0.475 bits per heavy atom. The van der Waals surface area contributed by atoms with E-state index in [1.807, 2.05) is 0 Å². The zero-order valence-corrected chi connectivity index (χ0v) is 27.7. The molecule has 0 heteroatoms. The lowest BCUT2D eigenvalue weighted by molar-refractivity contribution is 0.554. The standard InChI is InChI=1S/C40H60/c1-33(2)19-13-23-37(7)27-17-31-39(9)29-15-25-35(5)21-11-12-22-36(6)26-16-30-40(10)32-18-28-38(8)24-14-20-34(3)4/h11-12,15-17,19,21-22,25-31,34H,13-14,18,20,23-24,32H2,1-10H3/b12-11+,25-15+,26-16+,31-17+,35-21+,36-22+,37-27+,38-28+,39-29+,40-30+. The molecule has 0 heterocycles. The highest BCUT2D eigenvalue weighted by Crippen LogP contribution is 2.14. The maximum atomic E-state index is 2.42. The largest absolute Gasteiger partial charge is 0.0856 e. The summed E-state index contributed by atoms with van der Waals surface area (Å²) in [4.78, 5) is 0. The summed E-state index contributed by atoms with van der Waals surface area (Å²) in [5.41, 5.74) is 9.48. The highest BCUT2D eigenvalue weighted by molar-refractivity contribution is 5.31. The van der Waals surface area contributed by atoms with E-state index in [1.165, 1.54) is 58.3 Å². The third kappa shape index (κ3) is 25.4. The summed E-state index contributed by atoms with van der Waals surface area (Å²) in [6.07, 6.45) is 41.2. The molecule has 0 aliphatic carbocycles. The van der Waals surface area contributed by atoms with E-state index >= 15 is 0 Å². The summed E-state index contributed by atoms with van der Waals surface area (Å²) in [6, 6.07) is 0. The van der Waals surface area contributed by atoms with E-state index in [-0.39, 0.29) is 0 Å². The number of rotatable bonds is 18. The van der Waals surface area contributed by atoms with Crippen LogP contribution in [-0.4, -0.2) is 0 Å². The van der Waals surface area contributed by atoms with Crippen LogP contribution in [0, 0.1) is 5.92 Å². The molecule has 40 heavy (non-hydrogen) atoms. The molecule has 0 nitrogen and oxygen atoms in total. The summed E-state index contributed by atoms with van der Waals surface area (Å²) in [5, 5.41) is 0. The molecule has 0 aliphatic rings. The van der Waals surface area contributed by atoms with Crippen LogP contribution < -0.4 is 0 Å². The number of hydrogen-bond donors (Lipinski definition) is 0. The topological polar surface area (TPSA) is 0 Å². The first-order valence-corrected chi connectivity index (χ1v) is 15.3.